The standard InChI is InChI=1S/C51H32N4O/c1-4-16-33(17-5-1)37-30-42(34-18-6-2-7-19-34)48-43(31-37)40-29-28-36(32-47(40)56-48)50-52-49(35-20-8-3-9-21-35)53-51(54-50)41-24-12-15-27-46(41)55-44-25-13-10-22-38(44)39-23-11-14-26-45(39)55/h1-32H/i2D,6D,7D,18D,19D. The normalized spacial score (nSPS) is 12.8. The van der Waals surface area contributed by atoms with Crippen LogP contribution in [-0.4, -0.2) is 19.5 Å². The Balaban J connectivity index is 1.13. The van der Waals surface area contributed by atoms with Gasteiger partial charge >= 0.3 is 0 Å². The Kier molecular flexibility index (Phi) is 6.29. The minimum absolute atomic E-state index is 0.0737. The molecule has 11 rings (SSSR count). The fourth-order valence-electron chi connectivity index (χ4n) is 7.77. The summed E-state index contributed by atoms with van der Waals surface area (Å²) in [4.78, 5) is 15.3. The molecule has 0 radical (unpaired) electrons. The number of furan rings is 1. The van der Waals surface area contributed by atoms with E-state index in [1.807, 2.05) is 109 Å². The third-order valence-corrected chi connectivity index (χ3v) is 10.3. The van der Waals surface area contributed by atoms with Crippen molar-refractivity contribution in [2.75, 3.05) is 0 Å². The molecule has 0 spiro atoms. The minimum Gasteiger partial charge on any atom is -0.455 e. The molecular weight excluding hydrogens is 685 g/mol. The zero-order valence-corrected chi connectivity index (χ0v) is 29.8. The fourth-order valence-corrected chi connectivity index (χ4v) is 7.77. The Morgan fingerprint density at radius 2 is 1.02 bits per heavy atom. The molecule has 0 atom stereocenters. The third-order valence-electron chi connectivity index (χ3n) is 10.3. The van der Waals surface area contributed by atoms with Gasteiger partial charge in [0.1, 0.15) is 11.2 Å². The molecule has 0 unspecified atom stereocenters. The SMILES string of the molecule is [2H]c1c([2H])c([2H])c(-c2cc(-c3ccccc3)cc3c2oc2cc(-c4nc(-c5ccccc5)nc(-c5ccccc5-n5c6ccccc6c6ccccc65)n4)ccc23)c([2H])c1[2H]. The Morgan fingerprint density at radius 3 is 1.75 bits per heavy atom. The molecule has 0 amide bonds. The highest BCUT2D eigenvalue weighted by atomic mass is 16.3. The molecule has 0 aliphatic heterocycles. The van der Waals surface area contributed by atoms with Gasteiger partial charge in [0.25, 0.3) is 0 Å². The van der Waals surface area contributed by atoms with Crippen molar-refractivity contribution in [1.82, 2.24) is 19.5 Å². The third kappa shape index (κ3) is 5.29. The average Bonchev–Trinajstić information content (AvgIpc) is 3.86. The lowest BCUT2D eigenvalue weighted by Gasteiger charge is -2.14. The zero-order chi connectivity index (χ0) is 41.4. The second-order valence-electron chi connectivity index (χ2n) is 13.6. The Hall–Kier alpha value is -7.63. The van der Waals surface area contributed by atoms with Gasteiger partial charge < -0.3 is 8.98 Å². The van der Waals surface area contributed by atoms with Gasteiger partial charge in [-0.1, -0.05) is 145 Å². The lowest BCUT2D eigenvalue weighted by molar-refractivity contribution is 0.670. The molecule has 0 saturated carbocycles. The summed E-state index contributed by atoms with van der Waals surface area (Å²) in [5, 5.41) is 3.84. The van der Waals surface area contributed by atoms with Crippen LogP contribution in [0.4, 0.5) is 0 Å². The van der Waals surface area contributed by atoms with Crippen LogP contribution in [0.2, 0.25) is 0 Å². The summed E-state index contributed by atoms with van der Waals surface area (Å²) >= 11 is 0. The topological polar surface area (TPSA) is 56.7 Å². The second kappa shape index (κ2) is 13.0. The van der Waals surface area contributed by atoms with Crippen molar-refractivity contribution in [2.24, 2.45) is 0 Å². The van der Waals surface area contributed by atoms with Crippen LogP contribution in [0.1, 0.15) is 6.85 Å². The van der Waals surface area contributed by atoms with Gasteiger partial charge in [-0.2, -0.15) is 0 Å². The molecule has 11 aromatic rings. The maximum Gasteiger partial charge on any atom is 0.166 e. The highest BCUT2D eigenvalue weighted by Gasteiger charge is 2.20. The monoisotopic (exact) mass is 721 g/mol. The van der Waals surface area contributed by atoms with Crippen molar-refractivity contribution in [3.63, 3.8) is 0 Å². The van der Waals surface area contributed by atoms with Crippen LogP contribution < -0.4 is 0 Å². The Morgan fingerprint density at radius 1 is 0.411 bits per heavy atom. The molecular formula is C51H32N4O. The lowest BCUT2D eigenvalue weighted by Crippen LogP contribution is -2.03. The molecule has 0 N–H and O–H groups in total. The Bertz CT molecular complexity index is 3470. The number of nitrogens with zero attached hydrogens (tertiary/aromatic N) is 4. The van der Waals surface area contributed by atoms with E-state index in [1.165, 1.54) is 0 Å². The van der Waals surface area contributed by atoms with Crippen molar-refractivity contribution in [2.45, 2.75) is 0 Å². The van der Waals surface area contributed by atoms with Gasteiger partial charge in [0.15, 0.2) is 17.5 Å². The summed E-state index contributed by atoms with van der Waals surface area (Å²) in [5.74, 6) is 1.46. The van der Waals surface area contributed by atoms with Gasteiger partial charge in [0.2, 0.25) is 0 Å². The molecule has 0 aliphatic rings. The number of fused-ring (bicyclic) bond motifs is 6. The van der Waals surface area contributed by atoms with Crippen molar-refractivity contribution in [1.29, 1.82) is 0 Å². The summed E-state index contributed by atoms with van der Waals surface area (Å²) in [7, 11) is 0. The summed E-state index contributed by atoms with van der Waals surface area (Å²) in [6.45, 7) is 0. The van der Waals surface area contributed by atoms with E-state index in [4.69, 9.17) is 26.2 Å². The van der Waals surface area contributed by atoms with E-state index in [2.05, 4.69) is 59.2 Å². The van der Waals surface area contributed by atoms with E-state index in [0.717, 1.165) is 60.5 Å². The molecule has 0 fully saturated rings. The number of hydrogen-bond acceptors (Lipinski definition) is 4. The molecule has 8 aromatic carbocycles. The second-order valence-corrected chi connectivity index (χ2v) is 13.6. The minimum atomic E-state index is -0.451. The van der Waals surface area contributed by atoms with E-state index in [-0.39, 0.29) is 17.6 Å². The number of hydrogen-bond donors (Lipinski definition) is 0. The van der Waals surface area contributed by atoms with Gasteiger partial charge in [0.05, 0.1) is 23.6 Å². The van der Waals surface area contributed by atoms with Gasteiger partial charge in [-0.25, -0.2) is 15.0 Å². The molecule has 0 saturated heterocycles. The molecule has 0 aliphatic carbocycles. The maximum atomic E-state index is 8.89. The van der Waals surface area contributed by atoms with Crippen LogP contribution in [0, 0.1) is 0 Å². The summed E-state index contributed by atoms with van der Waals surface area (Å²) in [6, 6.07) is 52.4. The van der Waals surface area contributed by atoms with Crippen molar-refractivity contribution in [3.05, 3.63) is 194 Å². The lowest BCUT2D eigenvalue weighted by atomic mass is 9.95. The van der Waals surface area contributed by atoms with Crippen molar-refractivity contribution >= 4 is 43.7 Å². The summed E-state index contributed by atoms with van der Waals surface area (Å²) < 4.78 is 51.9. The highest BCUT2D eigenvalue weighted by molar-refractivity contribution is 6.12. The van der Waals surface area contributed by atoms with E-state index >= 15 is 0 Å². The van der Waals surface area contributed by atoms with E-state index in [0.29, 0.717) is 39.8 Å². The number of benzene rings is 8. The van der Waals surface area contributed by atoms with Gasteiger partial charge in [0, 0.05) is 43.8 Å². The van der Waals surface area contributed by atoms with Gasteiger partial charge in [-0.15, -0.1) is 0 Å². The quantitative estimate of drug-likeness (QED) is 0.172. The zero-order valence-electron chi connectivity index (χ0n) is 34.8. The van der Waals surface area contributed by atoms with Crippen LogP contribution >= 0.6 is 0 Å². The number of aromatic nitrogens is 4. The molecule has 5 nitrogen and oxygen atoms in total. The smallest absolute Gasteiger partial charge is 0.166 e. The first-order valence-corrected chi connectivity index (χ1v) is 18.4. The first-order chi connectivity index (χ1) is 29.8. The first kappa shape index (κ1) is 27.0. The van der Waals surface area contributed by atoms with Crippen LogP contribution in [0.15, 0.2) is 198 Å². The predicted octanol–water partition coefficient (Wildman–Crippen LogP) is 13.2. The fraction of sp³-hybridized carbons (Fsp3) is 0. The first-order valence-electron chi connectivity index (χ1n) is 20.9. The van der Waals surface area contributed by atoms with E-state index in [9.17, 15) is 0 Å². The van der Waals surface area contributed by atoms with E-state index < -0.39 is 18.1 Å². The largest absolute Gasteiger partial charge is 0.455 e. The average molecular weight is 722 g/mol. The van der Waals surface area contributed by atoms with Crippen molar-refractivity contribution < 1.29 is 11.3 Å². The molecule has 56 heavy (non-hydrogen) atoms. The molecule has 3 heterocycles. The van der Waals surface area contributed by atoms with Crippen LogP contribution in [0.25, 0.3) is 106 Å². The summed E-state index contributed by atoms with van der Waals surface area (Å²) in [6.07, 6.45) is 0. The van der Waals surface area contributed by atoms with E-state index in [1.54, 1.807) is 0 Å². The van der Waals surface area contributed by atoms with Crippen molar-refractivity contribution in [3.8, 4) is 62.1 Å². The molecule has 5 heteroatoms. The van der Waals surface area contributed by atoms with Crippen LogP contribution in [-0.2, 0) is 0 Å². The maximum absolute atomic E-state index is 8.89. The summed E-state index contributed by atoms with van der Waals surface area (Å²) in [5.41, 5.74) is 8.57. The number of rotatable bonds is 6. The van der Waals surface area contributed by atoms with Gasteiger partial charge in [-0.3, -0.25) is 0 Å². The molecule has 3 aromatic heterocycles. The van der Waals surface area contributed by atoms with Gasteiger partial charge in [-0.05, 0) is 65.2 Å². The number of para-hydroxylation sites is 3. The van der Waals surface area contributed by atoms with Crippen LogP contribution in [0.5, 0.6) is 0 Å². The predicted molar refractivity (Wildman–Crippen MR) is 229 cm³/mol. The molecule has 0 bridgehead atoms. The molecule has 262 valence electrons. The Labute approximate surface area is 329 Å². The van der Waals surface area contributed by atoms with Crippen LogP contribution in [0.3, 0.4) is 0 Å². The highest BCUT2D eigenvalue weighted by Crippen LogP contribution is 2.41.